The van der Waals surface area contributed by atoms with Gasteiger partial charge in [0, 0.05) is 35.6 Å². The lowest BCUT2D eigenvalue weighted by Crippen LogP contribution is -2.27. The highest BCUT2D eigenvalue weighted by Crippen LogP contribution is 2.20. The highest BCUT2D eigenvalue weighted by molar-refractivity contribution is 6.31. The van der Waals surface area contributed by atoms with E-state index in [0.717, 1.165) is 5.56 Å². The molecule has 0 heterocycles. The average molecular weight is 376 g/mol. The van der Waals surface area contributed by atoms with Crippen LogP contribution in [0.3, 0.4) is 0 Å². The van der Waals surface area contributed by atoms with Gasteiger partial charge >= 0.3 is 0 Å². The first kappa shape index (κ1) is 19.8. The molecule has 0 unspecified atom stereocenters. The van der Waals surface area contributed by atoms with E-state index in [1.165, 1.54) is 0 Å². The van der Waals surface area contributed by atoms with Gasteiger partial charge in [0.1, 0.15) is 0 Å². The van der Waals surface area contributed by atoms with Gasteiger partial charge in [0.2, 0.25) is 5.91 Å². The van der Waals surface area contributed by atoms with Gasteiger partial charge in [-0.05, 0) is 42.8 Å². The van der Waals surface area contributed by atoms with Crippen LogP contribution in [0.5, 0.6) is 0 Å². The highest BCUT2D eigenvalue weighted by Gasteiger charge is 2.08. The van der Waals surface area contributed by atoms with Gasteiger partial charge in [-0.2, -0.15) is 0 Å². The normalized spacial score (nSPS) is 10.3. The van der Waals surface area contributed by atoms with Crippen LogP contribution >= 0.6 is 11.6 Å². The van der Waals surface area contributed by atoms with Crippen molar-refractivity contribution in [3.63, 3.8) is 0 Å². The van der Waals surface area contributed by atoms with Gasteiger partial charge in [-0.1, -0.05) is 23.7 Å². The van der Waals surface area contributed by atoms with E-state index in [1.54, 1.807) is 43.5 Å². The molecule has 26 heavy (non-hydrogen) atoms. The molecule has 6 nitrogen and oxygen atoms in total. The second-order valence-electron chi connectivity index (χ2n) is 5.69. The van der Waals surface area contributed by atoms with Crippen molar-refractivity contribution < 1.29 is 14.3 Å². The first-order valence-corrected chi connectivity index (χ1v) is 8.54. The summed E-state index contributed by atoms with van der Waals surface area (Å²) in [4.78, 5) is 24.2. The summed E-state index contributed by atoms with van der Waals surface area (Å²) < 4.78 is 4.90. The fraction of sp³-hybridized carbons (Fsp3) is 0.263. The molecule has 2 amide bonds. The van der Waals surface area contributed by atoms with Crippen LogP contribution in [0.4, 0.5) is 11.4 Å². The van der Waals surface area contributed by atoms with Crippen molar-refractivity contribution in [3.05, 3.63) is 58.6 Å². The van der Waals surface area contributed by atoms with Crippen LogP contribution in [0.25, 0.3) is 0 Å². The third kappa shape index (κ3) is 6.06. The van der Waals surface area contributed by atoms with Gasteiger partial charge in [0.15, 0.2) is 0 Å². The minimum atomic E-state index is -0.203. The van der Waals surface area contributed by atoms with Gasteiger partial charge in [-0.3, -0.25) is 9.59 Å². The molecule has 0 aliphatic heterocycles. The van der Waals surface area contributed by atoms with E-state index in [2.05, 4.69) is 16.0 Å². The molecule has 0 fully saturated rings. The van der Waals surface area contributed by atoms with Crippen molar-refractivity contribution in [1.29, 1.82) is 0 Å². The monoisotopic (exact) mass is 375 g/mol. The molecule has 0 saturated carbocycles. The van der Waals surface area contributed by atoms with Crippen LogP contribution in [-0.2, 0) is 9.53 Å². The zero-order chi connectivity index (χ0) is 18.9. The zero-order valence-corrected chi connectivity index (χ0v) is 15.5. The smallest absolute Gasteiger partial charge is 0.251 e. The third-order valence-electron chi connectivity index (χ3n) is 3.64. The van der Waals surface area contributed by atoms with Crippen molar-refractivity contribution >= 4 is 34.8 Å². The lowest BCUT2D eigenvalue weighted by atomic mass is 10.2. The number of aryl methyl sites for hydroxylation is 1. The van der Waals surface area contributed by atoms with Gasteiger partial charge in [-0.25, -0.2) is 0 Å². The summed E-state index contributed by atoms with van der Waals surface area (Å²) in [6, 6.07) is 12.3. The maximum absolute atomic E-state index is 12.1. The Kier molecular flexibility index (Phi) is 7.44. The van der Waals surface area contributed by atoms with E-state index in [0.29, 0.717) is 35.1 Å². The van der Waals surface area contributed by atoms with Crippen LogP contribution in [0.2, 0.25) is 5.02 Å². The number of carbonyl (C=O) groups excluding carboxylic acids is 2. The Morgan fingerprint density at radius 2 is 1.96 bits per heavy atom. The molecule has 0 aromatic heterocycles. The van der Waals surface area contributed by atoms with Gasteiger partial charge in [0.05, 0.1) is 13.2 Å². The molecule has 3 N–H and O–H groups in total. The number of methoxy groups -OCH3 is 1. The Hall–Kier alpha value is -2.57. The van der Waals surface area contributed by atoms with Crippen LogP contribution < -0.4 is 16.0 Å². The fourth-order valence-corrected chi connectivity index (χ4v) is 2.42. The maximum atomic E-state index is 12.1. The molecule has 7 heteroatoms. The van der Waals surface area contributed by atoms with E-state index < -0.39 is 0 Å². The highest BCUT2D eigenvalue weighted by atomic mass is 35.5. The standard InChI is InChI=1S/C19H22ClN3O3/c1-13-6-7-15(20)11-17(13)23-18(24)12-22-16-5-3-4-14(10-16)19(25)21-8-9-26-2/h3-7,10-11,22H,8-9,12H2,1-2H3,(H,21,25)(H,23,24). The summed E-state index contributed by atoms with van der Waals surface area (Å²) in [5.74, 6) is -0.394. The Morgan fingerprint density at radius 1 is 1.15 bits per heavy atom. The number of rotatable bonds is 8. The second-order valence-corrected chi connectivity index (χ2v) is 6.13. The van der Waals surface area contributed by atoms with Crippen molar-refractivity contribution in [3.8, 4) is 0 Å². The molecule has 2 aromatic carbocycles. The molecule has 0 radical (unpaired) electrons. The summed E-state index contributed by atoms with van der Waals surface area (Å²) in [6.07, 6.45) is 0. The number of anilines is 2. The van der Waals surface area contributed by atoms with Gasteiger partial charge in [-0.15, -0.1) is 0 Å². The van der Waals surface area contributed by atoms with E-state index in [4.69, 9.17) is 16.3 Å². The molecule has 0 saturated heterocycles. The number of halogens is 1. The number of hydrogen-bond donors (Lipinski definition) is 3. The molecule has 0 atom stereocenters. The van der Waals surface area contributed by atoms with Crippen LogP contribution in [-0.4, -0.2) is 38.6 Å². The molecule has 0 aliphatic rings. The predicted octanol–water partition coefficient (Wildman–Crippen LogP) is 3.08. The Bertz CT molecular complexity index is 780. The predicted molar refractivity (Wildman–Crippen MR) is 104 cm³/mol. The van der Waals surface area contributed by atoms with E-state index in [-0.39, 0.29) is 18.4 Å². The summed E-state index contributed by atoms with van der Waals surface area (Å²) in [7, 11) is 1.58. The van der Waals surface area contributed by atoms with Crippen molar-refractivity contribution in [1.82, 2.24) is 5.32 Å². The minimum absolute atomic E-state index is 0.0701. The first-order valence-electron chi connectivity index (χ1n) is 8.16. The lowest BCUT2D eigenvalue weighted by molar-refractivity contribution is -0.114. The summed E-state index contributed by atoms with van der Waals surface area (Å²) >= 11 is 5.95. The lowest BCUT2D eigenvalue weighted by Gasteiger charge is -2.11. The topological polar surface area (TPSA) is 79.5 Å². The summed E-state index contributed by atoms with van der Waals surface area (Å²) in [6.45, 7) is 2.85. The number of benzene rings is 2. The van der Waals surface area contributed by atoms with Crippen LogP contribution in [0.15, 0.2) is 42.5 Å². The first-order chi connectivity index (χ1) is 12.5. The van der Waals surface area contributed by atoms with Gasteiger partial charge in [0.25, 0.3) is 5.91 Å². The largest absolute Gasteiger partial charge is 0.383 e. The number of ether oxygens (including phenoxy) is 1. The van der Waals surface area contributed by atoms with E-state index in [9.17, 15) is 9.59 Å². The fourth-order valence-electron chi connectivity index (χ4n) is 2.24. The van der Waals surface area contributed by atoms with E-state index in [1.807, 2.05) is 13.0 Å². The molecule has 2 aromatic rings. The Labute approximate surface area is 157 Å². The molecular weight excluding hydrogens is 354 g/mol. The Balaban J connectivity index is 1.90. The van der Waals surface area contributed by atoms with Crippen molar-refractivity contribution in [2.45, 2.75) is 6.92 Å². The van der Waals surface area contributed by atoms with Crippen LogP contribution in [0, 0.1) is 6.92 Å². The SMILES string of the molecule is COCCNC(=O)c1cccc(NCC(=O)Nc2cc(Cl)ccc2C)c1. The molecule has 138 valence electrons. The summed E-state index contributed by atoms with van der Waals surface area (Å²) in [5.41, 5.74) is 2.80. The van der Waals surface area contributed by atoms with Crippen molar-refractivity contribution in [2.24, 2.45) is 0 Å². The Morgan fingerprint density at radius 3 is 2.73 bits per heavy atom. The van der Waals surface area contributed by atoms with Gasteiger partial charge < -0.3 is 20.7 Å². The summed E-state index contributed by atoms with van der Waals surface area (Å²) in [5, 5.41) is 9.14. The number of nitrogens with one attached hydrogen (secondary N) is 3. The minimum Gasteiger partial charge on any atom is -0.383 e. The number of hydrogen-bond acceptors (Lipinski definition) is 4. The maximum Gasteiger partial charge on any atom is 0.251 e. The third-order valence-corrected chi connectivity index (χ3v) is 3.88. The molecule has 2 rings (SSSR count). The second kappa shape index (κ2) is 9.79. The number of carbonyl (C=O) groups is 2. The molecular formula is C19H22ClN3O3. The molecule has 0 aliphatic carbocycles. The quantitative estimate of drug-likeness (QED) is 0.619. The van der Waals surface area contributed by atoms with Crippen molar-refractivity contribution in [2.75, 3.05) is 37.4 Å². The average Bonchev–Trinajstić information content (AvgIpc) is 2.63. The number of amides is 2. The van der Waals surface area contributed by atoms with E-state index >= 15 is 0 Å². The molecule has 0 spiro atoms. The zero-order valence-electron chi connectivity index (χ0n) is 14.8. The van der Waals surface area contributed by atoms with Crippen LogP contribution in [0.1, 0.15) is 15.9 Å². The molecule has 0 bridgehead atoms.